The Morgan fingerprint density at radius 3 is 2.80 bits per heavy atom. The molecule has 4 nitrogen and oxygen atoms in total. The molecular formula is C20H24N2O2S. The van der Waals surface area contributed by atoms with E-state index in [1.165, 1.54) is 10.9 Å². The molecule has 3 rings (SSSR count). The number of H-pyrrole nitrogens is 1. The third-order valence-electron chi connectivity index (χ3n) is 4.34. The molecule has 0 bridgehead atoms. The minimum atomic E-state index is -0.0396. The highest BCUT2D eigenvalue weighted by atomic mass is 32.2. The number of benzene rings is 1. The topological polar surface area (TPSA) is 49.2 Å². The van der Waals surface area contributed by atoms with Crippen LogP contribution in [0, 0.1) is 0 Å². The summed E-state index contributed by atoms with van der Waals surface area (Å²) in [6.45, 7) is 4.74. The van der Waals surface area contributed by atoms with Gasteiger partial charge in [0.2, 0.25) is 0 Å². The summed E-state index contributed by atoms with van der Waals surface area (Å²) in [7, 11) is 0. The number of carbonyl (C=O) groups is 1. The zero-order valence-electron chi connectivity index (χ0n) is 14.9. The quantitative estimate of drug-likeness (QED) is 0.666. The van der Waals surface area contributed by atoms with Gasteiger partial charge in [0, 0.05) is 29.7 Å². The van der Waals surface area contributed by atoms with Crippen molar-refractivity contribution < 1.29 is 9.21 Å². The van der Waals surface area contributed by atoms with E-state index in [4.69, 9.17) is 4.42 Å². The molecule has 2 aromatic heterocycles. The molecule has 1 aromatic carbocycles. The van der Waals surface area contributed by atoms with Crippen LogP contribution in [0.25, 0.3) is 10.9 Å². The number of para-hydroxylation sites is 1. The van der Waals surface area contributed by atoms with Gasteiger partial charge >= 0.3 is 0 Å². The van der Waals surface area contributed by atoms with Gasteiger partial charge < -0.3 is 14.3 Å². The predicted octanol–water partition coefficient (Wildman–Crippen LogP) is 4.72. The van der Waals surface area contributed by atoms with Gasteiger partial charge in [0.25, 0.3) is 5.91 Å². The molecule has 0 aliphatic rings. The lowest BCUT2D eigenvalue weighted by Crippen LogP contribution is -2.38. The van der Waals surface area contributed by atoms with Gasteiger partial charge in [-0.1, -0.05) is 18.2 Å². The van der Waals surface area contributed by atoms with Crippen molar-refractivity contribution >= 4 is 28.6 Å². The maximum atomic E-state index is 12.8. The third-order valence-corrected chi connectivity index (χ3v) is 4.91. The van der Waals surface area contributed by atoms with E-state index in [1.807, 2.05) is 49.4 Å². The summed E-state index contributed by atoms with van der Waals surface area (Å²) in [5, 5.41) is 1.22. The molecule has 0 aliphatic carbocycles. The molecule has 0 fully saturated rings. The summed E-state index contributed by atoms with van der Waals surface area (Å²) in [5.74, 6) is 2.01. The van der Waals surface area contributed by atoms with E-state index in [0.29, 0.717) is 12.3 Å². The van der Waals surface area contributed by atoms with Gasteiger partial charge in [0.05, 0.1) is 5.75 Å². The van der Waals surface area contributed by atoms with Crippen LogP contribution in [-0.4, -0.2) is 34.6 Å². The van der Waals surface area contributed by atoms with Crippen LogP contribution in [0.4, 0.5) is 0 Å². The second-order valence-electron chi connectivity index (χ2n) is 6.40. The van der Waals surface area contributed by atoms with E-state index in [2.05, 4.69) is 17.1 Å². The smallest absolute Gasteiger partial charge is 0.289 e. The number of furan rings is 1. The molecule has 1 N–H and O–H groups in total. The van der Waals surface area contributed by atoms with E-state index >= 15 is 0 Å². The van der Waals surface area contributed by atoms with Crippen molar-refractivity contribution in [2.24, 2.45) is 0 Å². The van der Waals surface area contributed by atoms with Gasteiger partial charge in [-0.25, -0.2) is 0 Å². The predicted molar refractivity (Wildman–Crippen MR) is 104 cm³/mol. The lowest BCUT2D eigenvalue weighted by Gasteiger charge is -2.25. The Balaban J connectivity index is 1.73. The average molecular weight is 356 g/mol. The molecule has 25 heavy (non-hydrogen) atoms. The number of aromatic nitrogens is 1. The van der Waals surface area contributed by atoms with Gasteiger partial charge in [-0.3, -0.25) is 4.79 Å². The molecule has 0 atom stereocenters. The van der Waals surface area contributed by atoms with E-state index in [-0.39, 0.29) is 11.9 Å². The largest absolute Gasteiger partial charge is 0.455 e. The highest BCUT2D eigenvalue weighted by molar-refractivity contribution is 7.97. The van der Waals surface area contributed by atoms with Gasteiger partial charge in [-0.15, -0.1) is 0 Å². The SMILES string of the molecule is CSCc1ccc(C(=O)N(CCc2c[nH]c3ccccc23)C(C)C)o1. The average Bonchev–Trinajstić information content (AvgIpc) is 3.22. The number of fused-ring (bicyclic) bond motifs is 1. The first-order valence-electron chi connectivity index (χ1n) is 8.53. The third kappa shape index (κ3) is 3.93. The summed E-state index contributed by atoms with van der Waals surface area (Å²) in [6.07, 6.45) is 4.87. The Morgan fingerprint density at radius 1 is 1.24 bits per heavy atom. The van der Waals surface area contributed by atoms with Gasteiger partial charge in [0.1, 0.15) is 5.76 Å². The number of amides is 1. The fourth-order valence-corrected chi connectivity index (χ4v) is 3.47. The summed E-state index contributed by atoms with van der Waals surface area (Å²) < 4.78 is 5.71. The molecule has 0 saturated carbocycles. The Labute approximate surface area is 152 Å². The van der Waals surface area contributed by atoms with Gasteiger partial charge in [-0.2, -0.15) is 11.8 Å². The summed E-state index contributed by atoms with van der Waals surface area (Å²) in [5.41, 5.74) is 2.37. The minimum Gasteiger partial charge on any atom is -0.455 e. The fraction of sp³-hybridized carbons (Fsp3) is 0.350. The Morgan fingerprint density at radius 2 is 2.04 bits per heavy atom. The van der Waals surface area contributed by atoms with Crippen molar-refractivity contribution in [2.75, 3.05) is 12.8 Å². The molecule has 0 aliphatic heterocycles. The monoisotopic (exact) mass is 356 g/mol. The molecule has 5 heteroatoms. The molecule has 1 amide bonds. The standard InChI is InChI=1S/C20H24N2O2S/c1-14(2)22(20(23)19-9-8-16(24-19)13-25-3)11-10-15-12-21-18-7-5-4-6-17(15)18/h4-9,12,14,21H,10-11,13H2,1-3H3. The first-order valence-corrected chi connectivity index (χ1v) is 9.93. The molecule has 132 valence electrons. The van der Waals surface area contributed by atoms with Crippen LogP contribution >= 0.6 is 11.8 Å². The maximum absolute atomic E-state index is 12.8. The van der Waals surface area contributed by atoms with Crippen LogP contribution in [0.2, 0.25) is 0 Å². The lowest BCUT2D eigenvalue weighted by atomic mass is 10.1. The highest BCUT2D eigenvalue weighted by Crippen LogP contribution is 2.20. The second-order valence-corrected chi connectivity index (χ2v) is 7.27. The summed E-state index contributed by atoms with van der Waals surface area (Å²) >= 11 is 1.68. The van der Waals surface area contributed by atoms with Crippen LogP contribution in [-0.2, 0) is 12.2 Å². The molecule has 0 radical (unpaired) electrons. The number of nitrogens with one attached hydrogen (secondary N) is 1. The summed E-state index contributed by atoms with van der Waals surface area (Å²) in [6, 6.07) is 12.0. The molecule has 2 heterocycles. The van der Waals surface area contributed by atoms with Crippen molar-refractivity contribution in [1.29, 1.82) is 0 Å². The van der Waals surface area contributed by atoms with Crippen LogP contribution < -0.4 is 0 Å². The molecule has 0 saturated heterocycles. The van der Waals surface area contributed by atoms with Crippen molar-refractivity contribution in [3.63, 3.8) is 0 Å². The van der Waals surface area contributed by atoms with Crippen molar-refractivity contribution in [2.45, 2.75) is 32.1 Å². The zero-order valence-corrected chi connectivity index (χ0v) is 15.7. The van der Waals surface area contributed by atoms with E-state index in [0.717, 1.165) is 23.5 Å². The van der Waals surface area contributed by atoms with E-state index in [9.17, 15) is 4.79 Å². The Kier molecular flexibility index (Phi) is 5.53. The molecule has 3 aromatic rings. The highest BCUT2D eigenvalue weighted by Gasteiger charge is 2.22. The maximum Gasteiger partial charge on any atom is 0.289 e. The van der Waals surface area contributed by atoms with Gasteiger partial charge in [0.15, 0.2) is 5.76 Å². The van der Waals surface area contributed by atoms with Crippen LogP contribution in [0.5, 0.6) is 0 Å². The number of nitrogens with zero attached hydrogens (tertiary/aromatic N) is 1. The number of thioether (sulfide) groups is 1. The lowest BCUT2D eigenvalue weighted by molar-refractivity contribution is 0.0674. The second kappa shape index (κ2) is 7.83. The number of aromatic amines is 1. The van der Waals surface area contributed by atoms with Crippen LogP contribution in [0.3, 0.4) is 0 Å². The van der Waals surface area contributed by atoms with Crippen molar-refractivity contribution in [1.82, 2.24) is 9.88 Å². The molecule has 0 spiro atoms. The van der Waals surface area contributed by atoms with Crippen molar-refractivity contribution in [3.05, 3.63) is 59.7 Å². The first-order chi connectivity index (χ1) is 12.1. The van der Waals surface area contributed by atoms with Crippen LogP contribution in [0.15, 0.2) is 47.0 Å². The molecule has 0 unspecified atom stereocenters. The number of hydrogen-bond donors (Lipinski definition) is 1. The first kappa shape index (κ1) is 17.7. The fourth-order valence-electron chi connectivity index (χ4n) is 3.03. The Bertz CT molecular complexity index is 850. The zero-order chi connectivity index (χ0) is 17.8. The number of hydrogen-bond acceptors (Lipinski definition) is 3. The Hall–Kier alpha value is -2.14. The van der Waals surface area contributed by atoms with Crippen LogP contribution in [0.1, 0.15) is 35.7 Å². The van der Waals surface area contributed by atoms with Crippen molar-refractivity contribution in [3.8, 4) is 0 Å². The van der Waals surface area contributed by atoms with Gasteiger partial charge in [-0.05, 0) is 50.3 Å². The van der Waals surface area contributed by atoms with E-state index in [1.54, 1.807) is 17.8 Å². The normalized spacial score (nSPS) is 11.4. The molecular weight excluding hydrogens is 332 g/mol. The summed E-state index contributed by atoms with van der Waals surface area (Å²) in [4.78, 5) is 18.0. The minimum absolute atomic E-state index is 0.0396. The number of carbonyl (C=O) groups excluding carboxylic acids is 1. The number of rotatable bonds is 7. The van der Waals surface area contributed by atoms with E-state index < -0.39 is 0 Å².